The first-order chi connectivity index (χ1) is 9.79. The number of halogens is 3. The van der Waals surface area contributed by atoms with Crippen molar-refractivity contribution >= 4 is 5.91 Å². The van der Waals surface area contributed by atoms with E-state index in [1.165, 1.54) is 7.05 Å². The van der Waals surface area contributed by atoms with Crippen LogP contribution in [0.3, 0.4) is 0 Å². The number of aliphatic hydroxyl groups excluding tert-OH is 1. The van der Waals surface area contributed by atoms with Gasteiger partial charge in [-0.3, -0.25) is 9.48 Å². The number of aromatic nitrogens is 2. The van der Waals surface area contributed by atoms with Gasteiger partial charge in [0.15, 0.2) is 5.69 Å². The molecule has 0 aromatic carbocycles. The molecule has 0 fully saturated rings. The third-order valence-electron chi connectivity index (χ3n) is 3.13. The Balaban J connectivity index is 2.76. The Labute approximate surface area is 121 Å². The van der Waals surface area contributed by atoms with Crippen LogP contribution in [0.1, 0.15) is 42.2 Å². The quantitative estimate of drug-likeness (QED) is 0.809. The molecule has 0 bridgehead atoms. The van der Waals surface area contributed by atoms with E-state index in [0.717, 1.165) is 23.7 Å². The number of nitrogens with zero attached hydrogens (tertiary/aromatic N) is 2. The lowest BCUT2D eigenvalue weighted by Crippen LogP contribution is -2.31. The zero-order valence-corrected chi connectivity index (χ0v) is 12.1. The van der Waals surface area contributed by atoms with Crippen molar-refractivity contribution in [2.45, 2.75) is 32.4 Å². The number of hydrogen-bond acceptors (Lipinski definition) is 3. The van der Waals surface area contributed by atoms with Gasteiger partial charge in [0.25, 0.3) is 5.91 Å². The third kappa shape index (κ3) is 5.04. The summed E-state index contributed by atoms with van der Waals surface area (Å²) in [4.78, 5) is 11.9. The number of carbonyl (C=O) groups is 1. The number of carbonyl (C=O) groups excluding carboxylic acids is 1. The lowest BCUT2D eigenvalue weighted by molar-refractivity contribution is -0.141. The molecule has 1 unspecified atom stereocenters. The maximum Gasteiger partial charge on any atom is 0.435 e. The molecule has 0 aliphatic carbocycles. The number of alkyl halides is 3. The fourth-order valence-electron chi connectivity index (χ4n) is 2.14. The smallest absolute Gasteiger partial charge is 0.396 e. The standard InChI is InChI=1S/C13H20F3N3O2/c1-3-4-9(5-6-20)7-17-12(21)10-8-19(2)18-11(10)13(14,15)16/h8-9,20H,3-7H2,1-2H3,(H,17,21). The van der Waals surface area contributed by atoms with E-state index in [4.69, 9.17) is 5.11 Å². The molecule has 1 aromatic heterocycles. The summed E-state index contributed by atoms with van der Waals surface area (Å²) < 4.78 is 39.3. The van der Waals surface area contributed by atoms with Crippen molar-refractivity contribution in [2.75, 3.05) is 13.2 Å². The maximum atomic E-state index is 12.8. The number of nitrogens with one attached hydrogen (secondary N) is 1. The molecule has 0 aliphatic rings. The number of amides is 1. The fraction of sp³-hybridized carbons (Fsp3) is 0.692. The van der Waals surface area contributed by atoms with Crippen molar-refractivity contribution in [1.82, 2.24) is 15.1 Å². The van der Waals surface area contributed by atoms with Crippen LogP contribution >= 0.6 is 0 Å². The van der Waals surface area contributed by atoms with Crippen molar-refractivity contribution in [3.05, 3.63) is 17.5 Å². The van der Waals surface area contributed by atoms with Crippen molar-refractivity contribution in [3.63, 3.8) is 0 Å². The van der Waals surface area contributed by atoms with Crippen LogP contribution in [0.15, 0.2) is 6.20 Å². The average molecular weight is 307 g/mol. The molecule has 1 amide bonds. The Hall–Kier alpha value is -1.57. The first-order valence-electron chi connectivity index (χ1n) is 6.79. The largest absolute Gasteiger partial charge is 0.435 e. The third-order valence-corrected chi connectivity index (χ3v) is 3.13. The minimum absolute atomic E-state index is 0.0127. The Morgan fingerprint density at radius 1 is 1.48 bits per heavy atom. The van der Waals surface area contributed by atoms with Gasteiger partial charge in [-0.05, 0) is 18.8 Å². The van der Waals surface area contributed by atoms with Gasteiger partial charge in [0.1, 0.15) is 0 Å². The highest BCUT2D eigenvalue weighted by molar-refractivity contribution is 5.95. The van der Waals surface area contributed by atoms with Crippen LogP contribution in [-0.4, -0.2) is 33.9 Å². The highest BCUT2D eigenvalue weighted by Gasteiger charge is 2.38. The molecule has 1 aromatic rings. The second-order valence-electron chi connectivity index (χ2n) is 4.94. The van der Waals surface area contributed by atoms with Gasteiger partial charge in [-0.25, -0.2) is 0 Å². The second-order valence-corrected chi connectivity index (χ2v) is 4.94. The lowest BCUT2D eigenvalue weighted by Gasteiger charge is -2.15. The van der Waals surface area contributed by atoms with Crippen LogP contribution in [0, 0.1) is 5.92 Å². The van der Waals surface area contributed by atoms with Gasteiger partial charge in [-0.2, -0.15) is 18.3 Å². The van der Waals surface area contributed by atoms with Gasteiger partial charge in [0, 0.05) is 26.4 Å². The Morgan fingerprint density at radius 3 is 2.67 bits per heavy atom. The van der Waals surface area contributed by atoms with E-state index in [0.29, 0.717) is 6.42 Å². The van der Waals surface area contributed by atoms with E-state index in [2.05, 4.69) is 10.4 Å². The second kappa shape index (κ2) is 7.44. The molecule has 2 N–H and O–H groups in total. The Kier molecular flexibility index (Phi) is 6.19. The molecule has 0 saturated carbocycles. The minimum Gasteiger partial charge on any atom is -0.396 e. The van der Waals surface area contributed by atoms with E-state index in [-0.39, 0.29) is 19.1 Å². The average Bonchev–Trinajstić information content (AvgIpc) is 2.78. The zero-order valence-electron chi connectivity index (χ0n) is 12.1. The van der Waals surface area contributed by atoms with Gasteiger partial charge >= 0.3 is 6.18 Å². The van der Waals surface area contributed by atoms with Crippen molar-refractivity contribution in [2.24, 2.45) is 13.0 Å². The summed E-state index contributed by atoms with van der Waals surface area (Å²) in [5.41, 5.74) is -1.67. The zero-order chi connectivity index (χ0) is 16.0. The summed E-state index contributed by atoms with van der Waals surface area (Å²) >= 11 is 0. The van der Waals surface area contributed by atoms with Gasteiger partial charge < -0.3 is 10.4 Å². The van der Waals surface area contributed by atoms with Crippen LogP contribution in [0.4, 0.5) is 13.2 Å². The molecule has 21 heavy (non-hydrogen) atoms. The van der Waals surface area contributed by atoms with Crippen molar-refractivity contribution in [1.29, 1.82) is 0 Å². The van der Waals surface area contributed by atoms with Gasteiger partial charge in [0.2, 0.25) is 0 Å². The molecule has 0 radical (unpaired) electrons. The van der Waals surface area contributed by atoms with E-state index < -0.39 is 23.3 Å². The lowest BCUT2D eigenvalue weighted by atomic mass is 10.00. The highest BCUT2D eigenvalue weighted by atomic mass is 19.4. The predicted octanol–water partition coefficient (Wildman–Crippen LogP) is 1.97. The van der Waals surface area contributed by atoms with Crippen LogP contribution in [0.5, 0.6) is 0 Å². The summed E-state index contributed by atoms with van der Waals surface area (Å²) in [6.07, 6.45) is -1.44. The molecule has 1 atom stereocenters. The summed E-state index contributed by atoms with van der Waals surface area (Å²) in [6.45, 7) is 2.19. The van der Waals surface area contributed by atoms with E-state index in [1.54, 1.807) is 0 Å². The first-order valence-corrected chi connectivity index (χ1v) is 6.79. The molecule has 8 heteroatoms. The summed E-state index contributed by atoms with van der Waals surface area (Å²) in [6, 6.07) is 0. The normalized spacial score (nSPS) is 13.2. The van der Waals surface area contributed by atoms with Crippen LogP contribution in [0.25, 0.3) is 0 Å². The number of aliphatic hydroxyl groups is 1. The molecule has 0 aliphatic heterocycles. The van der Waals surface area contributed by atoms with Crippen molar-refractivity contribution < 1.29 is 23.1 Å². The molecule has 1 heterocycles. The van der Waals surface area contributed by atoms with Gasteiger partial charge in [0.05, 0.1) is 5.56 Å². The van der Waals surface area contributed by atoms with Crippen LogP contribution in [-0.2, 0) is 13.2 Å². The summed E-state index contributed by atoms with van der Waals surface area (Å²) in [5, 5.41) is 14.7. The molecule has 0 spiro atoms. The number of hydrogen-bond donors (Lipinski definition) is 2. The highest BCUT2D eigenvalue weighted by Crippen LogP contribution is 2.30. The maximum absolute atomic E-state index is 12.8. The summed E-state index contributed by atoms with van der Waals surface area (Å²) in [5.74, 6) is -0.746. The van der Waals surface area contributed by atoms with Crippen molar-refractivity contribution in [3.8, 4) is 0 Å². The van der Waals surface area contributed by atoms with Crippen LogP contribution < -0.4 is 5.32 Å². The van der Waals surface area contributed by atoms with Crippen LogP contribution in [0.2, 0.25) is 0 Å². The van der Waals surface area contributed by atoms with Gasteiger partial charge in [-0.15, -0.1) is 0 Å². The molecule has 120 valence electrons. The van der Waals surface area contributed by atoms with E-state index in [9.17, 15) is 18.0 Å². The van der Waals surface area contributed by atoms with E-state index in [1.807, 2.05) is 6.92 Å². The Morgan fingerprint density at radius 2 is 2.14 bits per heavy atom. The monoisotopic (exact) mass is 307 g/mol. The first kappa shape index (κ1) is 17.5. The summed E-state index contributed by atoms with van der Waals surface area (Å²) in [7, 11) is 1.33. The minimum atomic E-state index is -4.66. The fourth-order valence-corrected chi connectivity index (χ4v) is 2.14. The molecule has 0 saturated heterocycles. The number of aryl methyl sites for hydroxylation is 1. The van der Waals surface area contributed by atoms with Gasteiger partial charge in [-0.1, -0.05) is 13.3 Å². The predicted molar refractivity (Wildman–Crippen MR) is 70.6 cm³/mol. The molecule has 1 rings (SSSR count). The molecule has 5 nitrogen and oxygen atoms in total. The topological polar surface area (TPSA) is 67.2 Å². The Bertz CT molecular complexity index is 466. The molecular formula is C13H20F3N3O2. The molecular weight excluding hydrogens is 287 g/mol. The SMILES string of the molecule is CCCC(CCO)CNC(=O)c1cn(C)nc1C(F)(F)F. The van der Waals surface area contributed by atoms with E-state index >= 15 is 0 Å². The number of rotatable bonds is 7.